The summed E-state index contributed by atoms with van der Waals surface area (Å²) in [5.41, 5.74) is 6.93. The summed E-state index contributed by atoms with van der Waals surface area (Å²) in [7, 11) is 0. The molecule has 0 amide bonds. The number of nitrogens with two attached hydrogens (primary N) is 1. The highest BCUT2D eigenvalue weighted by molar-refractivity contribution is 9.10. The molecule has 0 radical (unpaired) electrons. The van der Waals surface area contributed by atoms with Crippen LogP contribution in [0.2, 0.25) is 4.34 Å². The molecule has 1 aromatic heterocycles. The number of thiophene rings is 1. The second kappa shape index (κ2) is 5.91. The van der Waals surface area contributed by atoms with Crippen LogP contribution in [0.3, 0.4) is 0 Å². The van der Waals surface area contributed by atoms with Crippen LogP contribution in [-0.4, -0.2) is 6.54 Å². The Morgan fingerprint density at radius 3 is 2.83 bits per heavy atom. The van der Waals surface area contributed by atoms with Crippen LogP contribution in [0, 0.1) is 5.82 Å². The number of nitrogen functional groups attached to an aromatic ring is 1. The number of anilines is 2. The van der Waals surface area contributed by atoms with Gasteiger partial charge in [-0.1, -0.05) is 11.6 Å². The maximum atomic E-state index is 13.4. The average molecular weight is 350 g/mol. The summed E-state index contributed by atoms with van der Waals surface area (Å²) in [5.74, 6) is -0.328. The minimum absolute atomic E-state index is 0.328. The fourth-order valence-corrected chi connectivity index (χ4v) is 2.97. The minimum Gasteiger partial charge on any atom is -0.397 e. The van der Waals surface area contributed by atoms with E-state index in [0.29, 0.717) is 22.4 Å². The zero-order valence-electron chi connectivity index (χ0n) is 9.34. The van der Waals surface area contributed by atoms with E-state index in [2.05, 4.69) is 21.2 Å². The maximum absolute atomic E-state index is 13.4. The van der Waals surface area contributed by atoms with Crippen LogP contribution in [0.4, 0.5) is 15.8 Å². The highest BCUT2D eigenvalue weighted by Gasteiger charge is 2.05. The van der Waals surface area contributed by atoms with Gasteiger partial charge in [-0.15, -0.1) is 11.3 Å². The van der Waals surface area contributed by atoms with E-state index >= 15 is 0 Å². The van der Waals surface area contributed by atoms with Gasteiger partial charge < -0.3 is 11.1 Å². The number of nitrogens with one attached hydrogen (secondary N) is 1. The van der Waals surface area contributed by atoms with E-state index in [1.807, 2.05) is 12.1 Å². The lowest BCUT2D eigenvalue weighted by Crippen LogP contribution is -2.06. The number of rotatable bonds is 4. The lowest BCUT2D eigenvalue weighted by atomic mass is 10.2. The first kappa shape index (κ1) is 13.6. The zero-order chi connectivity index (χ0) is 13.1. The Morgan fingerprint density at radius 1 is 1.39 bits per heavy atom. The van der Waals surface area contributed by atoms with E-state index in [9.17, 15) is 4.39 Å². The monoisotopic (exact) mass is 348 g/mol. The summed E-state index contributed by atoms with van der Waals surface area (Å²) in [6, 6.07) is 6.80. The third kappa shape index (κ3) is 3.37. The molecule has 3 N–H and O–H groups in total. The minimum atomic E-state index is -0.328. The van der Waals surface area contributed by atoms with Crippen molar-refractivity contribution in [3.63, 3.8) is 0 Å². The van der Waals surface area contributed by atoms with Crippen LogP contribution in [0.15, 0.2) is 28.7 Å². The number of hydrogen-bond donors (Lipinski definition) is 2. The molecule has 96 valence electrons. The molecule has 0 atom stereocenters. The van der Waals surface area contributed by atoms with Gasteiger partial charge >= 0.3 is 0 Å². The molecule has 0 saturated heterocycles. The van der Waals surface area contributed by atoms with Crippen molar-refractivity contribution in [3.8, 4) is 0 Å². The molecule has 2 nitrogen and oxygen atoms in total. The summed E-state index contributed by atoms with van der Waals surface area (Å²) >= 11 is 10.5. The van der Waals surface area contributed by atoms with Crippen molar-refractivity contribution >= 4 is 50.2 Å². The lowest BCUT2D eigenvalue weighted by molar-refractivity contribution is 0.622. The van der Waals surface area contributed by atoms with E-state index in [0.717, 1.165) is 10.8 Å². The Morgan fingerprint density at radius 2 is 2.17 bits per heavy atom. The fourth-order valence-electron chi connectivity index (χ4n) is 1.52. The van der Waals surface area contributed by atoms with E-state index in [4.69, 9.17) is 17.3 Å². The molecule has 2 aromatic rings. The first-order chi connectivity index (χ1) is 8.56. The van der Waals surface area contributed by atoms with Gasteiger partial charge in [0.05, 0.1) is 20.2 Å². The summed E-state index contributed by atoms with van der Waals surface area (Å²) in [5, 5.41) is 3.12. The van der Waals surface area contributed by atoms with Crippen LogP contribution >= 0.6 is 38.9 Å². The van der Waals surface area contributed by atoms with Gasteiger partial charge in [0.1, 0.15) is 5.82 Å². The predicted octanol–water partition coefficient (Wildman–Crippen LogP) is 4.54. The Hall–Kier alpha value is -0.780. The van der Waals surface area contributed by atoms with Crippen molar-refractivity contribution in [2.75, 3.05) is 17.6 Å². The van der Waals surface area contributed by atoms with E-state index in [1.54, 1.807) is 17.4 Å². The van der Waals surface area contributed by atoms with Crippen molar-refractivity contribution in [1.29, 1.82) is 0 Å². The summed E-state index contributed by atoms with van der Waals surface area (Å²) in [4.78, 5) is 1.18. The Labute approximate surface area is 122 Å². The smallest absolute Gasteiger partial charge is 0.139 e. The quantitative estimate of drug-likeness (QED) is 0.795. The van der Waals surface area contributed by atoms with Gasteiger partial charge in [-0.3, -0.25) is 0 Å². The molecule has 0 aliphatic carbocycles. The van der Waals surface area contributed by atoms with Crippen LogP contribution in [0.1, 0.15) is 4.88 Å². The molecule has 0 spiro atoms. The Balaban J connectivity index is 1.96. The fraction of sp³-hybridized carbons (Fsp3) is 0.167. The highest BCUT2D eigenvalue weighted by atomic mass is 79.9. The molecule has 0 aliphatic heterocycles. The Kier molecular flexibility index (Phi) is 4.48. The van der Waals surface area contributed by atoms with Gasteiger partial charge in [-0.05, 0) is 40.5 Å². The predicted molar refractivity (Wildman–Crippen MR) is 80.0 cm³/mol. The first-order valence-corrected chi connectivity index (χ1v) is 7.27. The molecular formula is C12H11BrClFN2S. The van der Waals surface area contributed by atoms with Crippen molar-refractivity contribution in [2.45, 2.75) is 6.42 Å². The van der Waals surface area contributed by atoms with Crippen molar-refractivity contribution in [2.24, 2.45) is 0 Å². The van der Waals surface area contributed by atoms with Crippen LogP contribution in [-0.2, 0) is 6.42 Å². The normalized spacial score (nSPS) is 10.6. The Bertz CT molecular complexity index is 559. The lowest BCUT2D eigenvalue weighted by Gasteiger charge is -2.09. The van der Waals surface area contributed by atoms with Crippen molar-refractivity contribution in [3.05, 3.63) is 43.8 Å². The molecule has 0 saturated carbocycles. The van der Waals surface area contributed by atoms with Crippen molar-refractivity contribution < 1.29 is 4.39 Å². The third-order valence-corrected chi connectivity index (χ3v) is 4.31. The average Bonchev–Trinajstić information content (AvgIpc) is 2.71. The van der Waals surface area contributed by atoms with Crippen LogP contribution < -0.4 is 11.1 Å². The van der Waals surface area contributed by atoms with Crippen molar-refractivity contribution in [1.82, 2.24) is 0 Å². The molecule has 18 heavy (non-hydrogen) atoms. The number of halogens is 3. The van der Waals surface area contributed by atoms with Gasteiger partial charge in [0.25, 0.3) is 0 Å². The SMILES string of the molecule is Nc1cc(Br)c(F)cc1NCCc1ccc(Cl)s1. The highest BCUT2D eigenvalue weighted by Crippen LogP contribution is 2.27. The van der Waals surface area contributed by atoms with Gasteiger partial charge in [-0.2, -0.15) is 0 Å². The maximum Gasteiger partial charge on any atom is 0.139 e. The number of benzene rings is 1. The van der Waals surface area contributed by atoms with Crippen LogP contribution in [0.25, 0.3) is 0 Å². The molecule has 6 heteroatoms. The van der Waals surface area contributed by atoms with E-state index < -0.39 is 0 Å². The zero-order valence-corrected chi connectivity index (χ0v) is 12.5. The number of hydrogen-bond acceptors (Lipinski definition) is 3. The second-order valence-corrected chi connectivity index (χ2v) is 6.39. The molecule has 1 aromatic carbocycles. The third-order valence-electron chi connectivity index (χ3n) is 2.41. The summed E-state index contributed by atoms with van der Waals surface area (Å²) < 4.78 is 14.5. The van der Waals surface area contributed by atoms with Gasteiger partial charge in [0.15, 0.2) is 0 Å². The summed E-state index contributed by atoms with van der Waals surface area (Å²) in [6.45, 7) is 0.683. The standard InChI is InChI=1S/C12H11BrClFN2S/c13-8-5-10(16)11(6-9(8)15)17-4-3-7-1-2-12(14)18-7/h1-2,5-6,17H,3-4,16H2. The van der Waals surface area contributed by atoms with Gasteiger partial charge in [-0.25, -0.2) is 4.39 Å². The van der Waals surface area contributed by atoms with Gasteiger partial charge in [0.2, 0.25) is 0 Å². The van der Waals surface area contributed by atoms with Gasteiger partial charge in [0, 0.05) is 17.5 Å². The molecule has 0 bridgehead atoms. The topological polar surface area (TPSA) is 38.0 Å². The molecular weight excluding hydrogens is 339 g/mol. The van der Waals surface area contributed by atoms with E-state index in [-0.39, 0.29) is 5.82 Å². The molecule has 1 heterocycles. The van der Waals surface area contributed by atoms with Crippen LogP contribution in [0.5, 0.6) is 0 Å². The largest absolute Gasteiger partial charge is 0.397 e. The van der Waals surface area contributed by atoms with E-state index in [1.165, 1.54) is 10.9 Å². The first-order valence-electron chi connectivity index (χ1n) is 5.29. The molecule has 0 unspecified atom stereocenters. The molecule has 0 aliphatic rings. The second-order valence-electron chi connectivity index (χ2n) is 3.74. The molecule has 2 rings (SSSR count). The molecule has 0 fully saturated rings. The summed E-state index contributed by atoms with van der Waals surface area (Å²) in [6.07, 6.45) is 0.828.